The second-order valence-corrected chi connectivity index (χ2v) is 6.97. The van der Waals surface area contributed by atoms with Crippen molar-refractivity contribution in [3.63, 3.8) is 0 Å². The van der Waals surface area contributed by atoms with Crippen LogP contribution in [0.5, 0.6) is 11.6 Å². The molecule has 3 aromatic rings. The second-order valence-electron chi connectivity index (χ2n) is 6.97. The van der Waals surface area contributed by atoms with Gasteiger partial charge in [0.15, 0.2) is 0 Å². The van der Waals surface area contributed by atoms with Crippen molar-refractivity contribution in [2.75, 3.05) is 13.7 Å². The van der Waals surface area contributed by atoms with Crippen LogP contribution in [0.15, 0.2) is 48.5 Å². The molecule has 0 radical (unpaired) electrons. The highest BCUT2D eigenvalue weighted by atomic mass is 16.5. The van der Waals surface area contributed by atoms with Crippen molar-refractivity contribution in [3.8, 4) is 34.0 Å². The molecule has 1 aromatic heterocycles. The van der Waals surface area contributed by atoms with Gasteiger partial charge in [-0.25, -0.2) is 0 Å². The third kappa shape index (κ3) is 5.11. The SMILES string of the molecule is CCCCCCOc1nnnc(-c2ccc(OC)cc2CC)c1-c1ccccc1. The molecule has 0 N–H and O–H groups in total. The van der Waals surface area contributed by atoms with Gasteiger partial charge < -0.3 is 9.47 Å². The van der Waals surface area contributed by atoms with Gasteiger partial charge in [0.1, 0.15) is 11.4 Å². The Hall–Kier alpha value is -2.95. The Morgan fingerprint density at radius 3 is 2.45 bits per heavy atom. The van der Waals surface area contributed by atoms with Gasteiger partial charge in [0, 0.05) is 5.56 Å². The van der Waals surface area contributed by atoms with Gasteiger partial charge in [0.25, 0.3) is 0 Å². The number of methoxy groups -OCH3 is 1. The molecule has 3 rings (SSSR count). The largest absolute Gasteiger partial charge is 0.497 e. The van der Waals surface area contributed by atoms with Crippen LogP contribution in [-0.2, 0) is 6.42 Å². The molecule has 0 spiro atoms. The number of hydrogen-bond acceptors (Lipinski definition) is 5. The number of rotatable bonds is 10. The monoisotopic (exact) mass is 391 g/mol. The molecule has 0 fully saturated rings. The summed E-state index contributed by atoms with van der Waals surface area (Å²) in [5.74, 6) is 1.37. The molecule has 2 aromatic carbocycles. The lowest BCUT2D eigenvalue weighted by molar-refractivity contribution is 0.290. The van der Waals surface area contributed by atoms with Gasteiger partial charge in [0.2, 0.25) is 5.88 Å². The fourth-order valence-corrected chi connectivity index (χ4v) is 3.38. The summed E-state index contributed by atoms with van der Waals surface area (Å²) in [4.78, 5) is 0. The molecule has 29 heavy (non-hydrogen) atoms. The first-order valence-electron chi connectivity index (χ1n) is 10.4. The van der Waals surface area contributed by atoms with Gasteiger partial charge in [-0.15, -0.1) is 5.10 Å². The van der Waals surface area contributed by atoms with E-state index in [0.717, 1.165) is 53.0 Å². The summed E-state index contributed by atoms with van der Waals surface area (Å²) < 4.78 is 11.5. The number of ether oxygens (including phenoxy) is 2. The molecule has 0 aliphatic rings. The zero-order valence-corrected chi connectivity index (χ0v) is 17.5. The van der Waals surface area contributed by atoms with E-state index in [1.807, 2.05) is 30.3 Å². The predicted octanol–water partition coefficient (Wildman–Crippen LogP) is 5.74. The molecule has 1 heterocycles. The van der Waals surface area contributed by atoms with Crippen molar-refractivity contribution in [2.45, 2.75) is 46.0 Å². The van der Waals surface area contributed by atoms with Gasteiger partial charge in [-0.05, 0) is 47.4 Å². The zero-order chi connectivity index (χ0) is 20.5. The number of benzene rings is 2. The van der Waals surface area contributed by atoms with Crippen LogP contribution in [-0.4, -0.2) is 29.1 Å². The number of nitrogens with zero attached hydrogens (tertiary/aromatic N) is 3. The molecule has 5 nitrogen and oxygen atoms in total. The molecule has 0 unspecified atom stereocenters. The Kier molecular flexibility index (Phi) is 7.56. The number of aryl methyl sites for hydroxylation is 1. The van der Waals surface area contributed by atoms with Crippen LogP contribution in [0.1, 0.15) is 45.1 Å². The van der Waals surface area contributed by atoms with Crippen molar-refractivity contribution in [1.82, 2.24) is 15.4 Å². The lowest BCUT2D eigenvalue weighted by Gasteiger charge is -2.15. The second kappa shape index (κ2) is 10.6. The standard InChI is InChI=1S/C24H29N3O2/c1-4-6-7-11-16-29-24-22(19-12-9-8-10-13-19)23(25-27-26-24)21-15-14-20(28-3)17-18(21)5-2/h8-10,12-15,17H,4-7,11,16H2,1-3H3. The van der Waals surface area contributed by atoms with Crippen LogP contribution in [0.2, 0.25) is 0 Å². The van der Waals surface area contributed by atoms with Crippen LogP contribution >= 0.6 is 0 Å². The summed E-state index contributed by atoms with van der Waals surface area (Å²) in [6.45, 7) is 4.95. The molecule has 0 aliphatic carbocycles. The summed E-state index contributed by atoms with van der Waals surface area (Å²) in [6, 6.07) is 16.2. The highest BCUT2D eigenvalue weighted by Crippen LogP contribution is 2.38. The van der Waals surface area contributed by atoms with E-state index < -0.39 is 0 Å². The zero-order valence-electron chi connectivity index (χ0n) is 17.5. The van der Waals surface area contributed by atoms with E-state index in [1.54, 1.807) is 7.11 Å². The first-order valence-corrected chi connectivity index (χ1v) is 10.4. The molecule has 0 saturated carbocycles. The third-order valence-electron chi connectivity index (χ3n) is 4.98. The minimum Gasteiger partial charge on any atom is -0.497 e. The maximum absolute atomic E-state index is 6.08. The molecule has 0 saturated heterocycles. The van der Waals surface area contributed by atoms with Gasteiger partial charge in [0.05, 0.1) is 19.3 Å². The van der Waals surface area contributed by atoms with E-state index in [4.69, 9.17) is 9.47 Å². The summed E-state index contributed by atoms with van der Waals surface area (Å²) in [5.41, 5.74) is 4.87. The van der Waals surface area contributed by atoms with Crippen LogP contribution in [0, 0.1) is 0 Å². The number of hydrogen-bond donors (Lipinski definition) is 0. The van der Waals surface area contributed by atoms with Gasteiger partial charge in [-0.1, -0.05) is 68.5 Å². The average molecular weight is 392 g/mol. The molecule has 0 aliphatic heterocycles. The lowest BCUT2D eigenvalue weighted by Crippen LogP contribution is -2.06. The normalized spacial score (nSPS) is 10.7. The van der Waals surface area contributed by atoms with Crippen molar-refractivity contribution in [3.05, 3.63) is 54.1 Å². The first kappa shape index (κ1) is 20.8. The maximum Gasteiger partial charge on any atom is 0.245 e. The van der Waals surface area contributed by atoms with E-state index in [1.165, 1.54) is 12.8 Å². The highest BCUT2D eigenvalue weighted by molar-refractivity contribution is 5.85. The lowest BCUT2D eigenvalue weighted by atomic mass is 9.96. The first-order chi connectivity index (χ1) is 14.3. The fraction of sp³-hybridized carbons (Fsp3) is 0.375. The molecular formula is C24H29N3O2. The predicted molar refractivity (Wildman–Crippen MR) is 116 cm³/mol. The smallest absolute Gasteiger partial charge is 0.245 e. The van der Waals surface area contributed by atoms with Crippen LogP contribution in [0.4, 0.5) is 0 Å². The van der Waals surface area contributed by atoms with Crippen LogP contribution in [0.3, 0.4) is 0 Å². The van der Waals surface area contributed by atoms with Gasteiger partial charge in [-0.3, -0.25) is 0 Å². The summed E-state index contributed by atoms with van der Waals surface area (Å²) >= 11 is 0. The van der Waals surface area contributed by atoms with Crippen molar-refractivity contribution >= 4 is 0 Å². The third-order valence-corrected chi connectivity index (χ3v) is 4.98. The van der Waals surface area contributed by atoms with E-state index in [0.29, 0.717) is 12.5 Å². The van der Waals surface area contributed by atoms with Crippen LogP contribution in [0.25, 0.3) is 22.4 Å². The van der Waals surface area contributed by atoms with Crippen molar-refractivity contribution < 1.29 is 9.47 Å². The molecule has 5 heteroatoms. The highest BCUT2D eigenvalue weighted by Gasteiger charge is 2.19. The minimum absolute atomic E-state index is 0.538. The Morgan fingerprint density at radius 1 is 0.897 bits per heavy atom. The molecule has 152 valence electrons. The van der Waals surface area contributed by atoms with E-state index in [9.17, 15) is 0 Å². The molecule has 0 atom stereocenters. The quantitative estimate of drug-likeness (QED) is 0.413. The average Bonchev–Trinajstić information content (AvgIpc) is 2.78. The Morgan fingerprint density at radius 2 is 1.72 bits per heavy atom. The topological polar surface area (TPSA) is 57.1 Å². The Bertz CT molecular complexity index is 913. The summed E-state index contributed by atoms with van der Waals surface area (Å²) in [5, 5.41) is 12.7. The van der Waals surface area contributed by atoms with E-state index in [2.05, 4.69) is 47.5 Å². The minimum atomic E-state index is 0.538. The summed E-state index contributed by atoms with van der Waals surface area (Å²) in [7, 11) is 1.68. The number of unbranched alkanes of at least 4 members (excludes halogenated alkanes) is 3. The van der Waals surface area contributed by atoms with Crippen LogP contribution < -0.4 is 9.47 Å². The fourth-order valence-electron chi connectivity index (χ4n) is 3.38. The summed E-state index contributed by atoms with van der Waals surface area (Å²) in [6.07, 6.45) is 5.43. The number of aromatic nitrogens is 3. The van der Waals surface area contributed by atoms with E-state index >= 15 is 0 Å². The van der Waals surface area contributed by atoms with Gasteiger partial charge in [-0.2, -0.15) is 0 Å². The Labute approximate surface area is 173 Å². The molecular weight excluding hydrogens is 362 g/mol. The maximum atomic E-state index is 6.08. The Balaban J connectivity index is 2.04. The van der Waals surface area contributed by atoms with Crippen molar-refractivity contribution in [1.29, 1.82) is 0 Å². The van der Waals surface area contributed by atoms with Crippen molar-refractivity contribution in [2.24, 2.45) is 0 Å². The van der Waals surface area contributed by atoms with E-state index in [-0.39, 0.29) is 0 Å². The van der Waals surface area contributed by atoms with Gasteiger partial charge >= 0.3 is 0 Å². The molecule has 0 bridgehead atoms. The molecule has 0 amide bonds.